The van der Waals surface area contributed by atoms with Crippen molar-refractivity contribution in [3.05, 3.63) is 76.1 Å². The maximum absolute atomic E-state index is 13.2. The minimum absolute atomic E-state index is 0.112. The van der Waals surface area contributed by atoms with Gasteiger partial charge >= 0.3 is 11.9 Å². The number of aromatic nitrogens is 2. The third-order valence-corrected chi connectivity index (χ3v) is 6.36. The summed E-state index contributed by atoms with van der Waals surface area (Å²) in [6.45, 7) is 3.87. The summed E-state index contributed by atoms with van der Waals surface area (Å²) >= 11 is 0.935. The molecule has 1 amide bonds. The van der Waals surface area contributed by atoms with Crippen LogP contribution in [0.5, 0.6) is 5.75 Å². The van der Waals surface area contributed by atoms with Crippen LogP contribution in [-0.4, -0.2) is 46.5 Å². The van der Waals surface area contributed by atoms with Crippen molar-refractivity contribution >= 4 is 39.9 Å². The van der Waals surface area contributed by atoms with E-state index in [1.807, 2.05) is 6.92 Å². The fourth-order valence-corrected chi connectivity index (χ4v) is 4.72. The van der Waals surface area contributed by atoms with Gasteiger partial charge in [-0.2, -0.15) is 0 Å². The second-order valence-electron chi connectivity index (χ2n) is 7.32. The van der Waals surface area contributed by atoms with E-state index in [1.165, 1.54) is 18.2 Å². The van der Waals surface area contributed by atoms with Crippen molar-refractivity contribution in [2.75, 3.05) is 18.6 Å². The van der Waals surface area contributed by atoms with Crippen molar-refractivity contribution in [1.82, 2.24) is 9.97 Å². The van der Waals surface area contributed by atoms with Gasteiger partial charge in [0.25, 0.3) is 5.78 Å². The number of carbonyl (C=O) groups is 3. The van der Waals surface area contributed by atoms with Gasteiger partial charge in [0.05, 0.1) is 31.0 Å². The van der Waals surface area contributed by atoms with Gasteiger partial charge in [-0.3, -0.25) is 19.5 Å². The summed E-state index contributed by atoms with van der Waals surface area (Å²) in [6.07, 6.45) is 3.07. The number of thiazole rings is 1. The van der Waals surface area contributed by atoms with Gasteiger partial charge in [0.15, 0.2) is 5.13 Å². The number of nitrogens with zero attached hydrogens (tertiary/aromatic N) is 3. The smallest absolute Gasteiger partial charge is 0.350 e. The molecule has 4 rings (SSSR count). The number of ketones is 1. The molecular formula is C24H21N3O6S. The van der Waals surface area contributed by atoms with Gasteiger partial charge in [-0.1, -0.05) is 29.5 Å². The normalized spacial score (nSPS) is 17.1. The second-order valence-corrected chi connectivity index (χ2v) is 8.30. The minimum atomic E-state index is -1.000. The number of hydrogen-bond donors (Lipinski definition) is 1. The maximum atomic E-state index is 13.2. The summed E-state index contributed by atoms with van der Waals surface area (Å²) in [5.74, 6) is -2.18. The van der Waals surface area contributed by atoms with Crippen LogP contribution in [0.3, 0.4) is 0 Å². The Bertz CT molecular complexity index is 1300. The molecule has 1 aliphatic rings. The summed E-state index contributed by atoms with van der Waals surface area (Å²) in [5, 5.41) is 11.3. The molecule has 34 heavy (non-hydrogen) atoms. The fraction of sp³-hybridized carbons (Fsp3) is 0.208. The van der Waals surface area contributed by atoms with E-state index in [1.54, 1.807) is 49.5 Å². The number of anilines is 1. The molecule has 0 saturated carbocycles. The Morgan fingerprint density at radius 2 is 2.03 bits per heavy atom. The van der Waals surface area contributed by atoms with Crippen molar-refractivity contribution in [1.29, 1.82) is 0 Å². The third-order valence-electron chi connectivity index (χ3n) is 5.23. The summed E-state index contributed by atoms with van der Waals surface area (Å²) in [4.78, 5) is 48.4. The molecule has 0 radical (unpaired) electrons. The van der Waals surface area contributed by atoms with Gasteiger partial charge in [-0.05, 0) is 37.6 Å². The number of Topliss-reactive ketones (excluding diaryl/α,β-unsaturated/α-hetero) is 1. The second kappa shape index (κ2) is 9.44. The van der Waals surface area contributed by atoms with Gasteiger partial charge in [0, 0.05) is 18.0 Å². The summed E-state index contributed by atoms with van der Waals surface area (Å²) in [7, 11) is 1.25. The molecule has 1 aromatic carbocycles. The fourth-order valence-electron chi connectivity index (χ4n) is 3.71. The molecule has 10 heteroatoms. The van der Waals surface area contributed by atoms with E-state index in [2.05, 4.69) is 9.97 Å². The van der Waals surface area contributed by atoms with Crippen LogP contribution in [0.2, 0.25) is 0 Å². The van der Waals surface area contributed by atoms with E-state index >= 15 is 0 Å². The summed E-state index contributed by atoms with van der Waals surface area (Å²) in [6, 6.07) is 8.98. The van der Waals surface area contributed by atoms with Crippen molar-refractivity contribution in [2.24, 2.45) is 0 Å². The number of pyridine rings is 1. The van der Waals surface area contributed by atoms with Crippen molar-refractivity contribution in [3.63, 3.8) is 0 Å². The first-order chi connectivity index (χ1) is 16.4. The first-order valence-electron chi connectivity index (χ1n) is 10.4. The molecule has 0 bridgehead atoms. The van der Waals surface area contributed by atoms with Crippen LogP contribution in [0, 0.1) is 6.92 Å². The standard InChI is InChI=1S/C24H21N3O6S/c1-4-33-16-9-5-7-14(11-16)19(28)17-18(15-8-6-10-25-12-15)27(22(30)20(17)29)24-26-13(2)21(34-24)23(31)32-3/h5-12,18,28H,4H2,1-3H3. The van der Waals surface area contributed by atoms with Gasteiger partial charge < -0.3 is 14.6 Å². The molecule has 3 heterocycles. The lowest BCUT2D eigenvalue weighted by molar-refractivity contribution is -0.132. The van der Waals surface area contributed by atoms with Crippen molar-refractivity contribution in [3.8, 4) is 5.75 Å². The average Bonchev–Trinajstić information content (AvgIpc) is 3.36. The van der Waals surface area contributed by atoms with Crippen LogP contribution in [0.4, 0.5) is 5.13 Å². The Balaban J connectivity index is 1.90. The summed E-state index contributed by atoms with van der Waals surface area (Å²) in [5.41, 5.74) is 1.07. The summed E-state index contributed by atoms with van der Waals surface area (Å²) < 4.78 is 10.3. The number of aliphatic hydroxyl groups excluding tert-OH is 1. The Labute approximate surface area is 199 Å². The lowest BCUT2D eigenvalue weighted by Crippen LogP contribution is -2.29. The highest BCUT2D eigenvalue weighted by molar-refractivity contribution is 7.17. The van der Waals surface area contributed by atoms with E-state index in [4.69, 9.17) is 9.47 Å². The predicted molar refractivity (Wildman–Crippen MR) is 125 cm³/mol. The Hall–Kier alpha value is -4.05. The molecule has 1 aliphatic heterocycles. The van der Waals surface area contributed by atoms with E-state index in [9.17, 15) is 19.5 Å². The minimum Gasteiger partial charge on any atom is -0.507 e. The zero-order chi connectivity index (χ0) is 24.4. The topological polar surface area (TPSA) is 119 Å². The molecule has 3 aromatic rings. The van der Waals surface area contributed by atoms with Crippen LogP contribution in [0.15, 0.2) is 54.4 Å². The number of benzene rings is 1. The van der Waals surface area contributed by atoms with E-state index < -0.39 is 23.7 Å². The number of aryl methyl sites for hydroxylation is 1. The quantitative estimate of drug-likeness (QED) is 0.246. The number of amides is 1. The number of rotatable bonds is 6. The number of aliphatic hydroxyl groups is 1. The molecular weight excluding hydrogens is 458 g/mol. The highest BCUT2D eigenvalue weighted by atomic mass is 32.1. The molecule has 1 unspecified atom stereocenters. The van der Waals surface area contributed by atoms with Crippen molar-refractivity contribution in [2.45, 2.75) is 19.9 Å². The third kappa shape index (κ3) is 4.03. The number of hydrogen-bond acceptors (Lipinski definition) is 9. The molecule has 2 aromatic heterocycles. The largest absolute Gasteiger partial charge is 0.507 e. The zero-order valence-electron chi connectivity index (χ0n) is 18.6. The molecule has 0 aliphatic carbocycles. The first kappa shape index (κ1) is 23.1. The van der Waals surface area contributed by atoms with E-state index in [-0.39, 0.29) is 21.3 Å². The highest BCUT2D eigenvalue weighted by Crippen LogP contribution is 2.43. The molecule has 174 valence electrons. The number of ether oxygens (including phenoxy) is 2. The molecule has 1 atom stereocenters. The zero-order valence-corrected chi connectivity index (χ0v) is 19.5. The first-order valence-corrected chi connectivity index (χ1v) is 11.2. The van der Waals surface area contributed by atoms with Crippen LogP contribution in [0.25, 0.3) is 5.76 Å². The van der Waals surface area contributed by atoms with Crippen LogP contribution in [0.1, 0.15) is 39.5 Å². The Morgan fingerprint density at radius 3 is 2.71 bits per heavy atom. The van der Waals surface area contributed by atoms with Gasteiger partial charge in [0.1, 0.15) is 16.4 Å². The van der Waals surface area contributed by atoms with Gasteiger partial charge in [-0.15, -0.1) is 0 Å². The molecule has 1 saturated heterocycles. The van der Waals surface area contributed by atoms with Crippen LogP contribution >= 0.6 is 11.3 Å². The lowest BCUT2D eigenvalue weighted by atomic mass is 9.96. The van der Waals surface area contributed by atoms with E-state index in [0.717, 1.165) is 11.3 Å². The lowest BCUT2D eigenvalue weighted by Gasteiger charge is -2.22. The molecule has 9 nitrogen and oxygen atoms in total. The van der Waals surface area contributed by atoms with Crippen LogP contribution in [-0.2, 0) is 14.3 Å². The van der Waals surface area contributed by atoms with Crippen molar-refractivity contribution < 1.29 is 29.0 Å². The van der Waals surface area contributed by atoms with Gasteiger partial charge in [-0.25, -0.2) is 9.78 Å². The van der Waals surface area contributed by atoms with Gasteiger partial charge in [0.2, 0.25) is 0 Å². The maximum Gasteiger partial charge on any atom is 0.350 e. The Kier molecular flexibility index (Phi) is 6.42. The molecule has 0 spiro atoms. The number of methoxy groups -OCH3 is 1. The monoisotopic (exact) mass is 479 g/mol. The SMILES string of the molecule is CCOc1cccc(C(O)=C2C(=O)C(=O)N(c3nc(C)c(C(=O)OC)s3)C2c2cccnc2)c1. The number of esters is 1. The highest BCUT2D eigenvalue weighted by Gasteiger charge is 2.48. The molecule has 1 fully saturated rings. The predicted octanol–water partition coefficient (Wildman–Crippen LogP) is 3.66. The van der Waals surface area contributed by atoms with Crippen LogP contribution < -0.4 is 9.64 Å². The number of carbonyl (C=O) groups excluding carboxylic acids is 3. The Morgan fingerprint density at radius 1 is 1.24 bits per heavy atom. The van der Waals surface area contributed by atoms with E-state index in [0.29, 0.717) is 29.2 Å². The molecule has 1 N–H and O–H groups in total. The average molecular weight is 480 g/mol.